The predicted octanol–water partition coefficient (Wildman–Crippen LogP) is 6.76. The van der Waals surface area contributed by atoms with Crippen LogP contribution in [0.1, 0.15) is 46.0 Å². The highest BCUT2D eigenvalue weighted by molar-refractivity contribution is 7.79. The SMILES string of the molecule is CS.Cn1c(CN2CCC(Cc3cccc(CCc4ccc(Cl)cc4Cl)n3)CC2)nc2ccc(C(=O)O)cc21. The van der Waals surface area contributed by atoms with Gasteiger partial charge in [-0.25, -0.2) is 9.78 Å². The van der Waals surface area contributed by atoms with E-state index >= 15 is 0 Å². The van der Waals surface area contributed by atoms with E-state index in [4.69, 9.17) is 33.2 Å². The fourth-order valence-corrected chi connectivity index (χ4v) is 5.63. The van der Waals surface area contributed by atoms with Crippen LogP contribution in [-0.4, -0.2) is 49.9 Å². The van der Waals surface area contributed by atoms with Crippen LogP contribution in [0.4, 0.5) is 0 Å². The van der Waals surface area contributed by atoms with Crippen molar-refractivity contribution >= 4 is 52.8 Å². The highest BCUT2D eigenvalue weighted by Gasteiger charge is 2.22. The van der Waals surface area contributed by atoms with Crippen LogP contribution in [0.5, 0.6) is 0 Å². The Kier molecular flexibility index (Phi) is 10.3. The number of piperidine rings is 1. The molecule has 39 heavy (non-hydrogen) atoms. The summed E-state index contributed by atoms with van der Waals surface area (Å²) in [5.74, 6) is 0.659. The second-order valence-corrected chi connectivity index (χ2v) is 10.7. The number of aryl methyl sites for hydroxylation is 3. The van der Waals surface area contributed by atoms with Crippen LogP contribution >= 0.6 is 35.8 Å². The van der Waals surface area contributed by atoms with Gasteiger partial charge in [-0.2, -0.15) is 12.6 Å². The third kappa shape index (κ3) is 7.54. The minimum atomic E-state index is -0.919. The molecule has 0 radical (unpaired) electrons. The van der Waals surface area contributed by atoms with Gasteiger partial charge in [-0.1, -0.05) is 35.3 Å². The van der Waals surface area contributed by atoms with Gasteiger partial charge in [0, 0.05) is 28.5 Å². The number of carbonyl (C=O) groups is 1. The van der Waals surface area contributed by atoms with E-state index < -0.39 is 5.97 Å². The molecule has 206 valence electrons. The third-order valence-electron chi connectivity index (χ3n) is 7.32. The van der Waals surface area contributed by atoms with Crippen LogP contribution in [-0.2, 0) is 32.9 Å². The molecule has 3 heterocycles. The van der Waals surface area contributed by atoms with E-state index in [9.17, 15) is 9.90 Å². The zero-order chi connectivity index (χ0) is 27.9. The van der Waals surface area contributed by atoms with Gasteiger partial charge in [-0.05, 0) is 105 Å². The Balaban J connectivity index is 0.00000172. The molecule has 0 saturated carbocycles. The first-order valence-corrected chi connectivity index (χ1v) is 14.7. The van der Waals surface area contributed by atoms with Crippen molar-refractivity contribution in [3.8, 4) is 0 Å². The van der Waals surface area contributed by atoms with E-state index in [1.54, 1.807) is 30.5 Å². The summed E-state index contributed by atoms with van der Waals surface area (Å²) in [5, 5.41) is 10.7. The molecule has 2 aromatic carbocycles. The topological polar surface area (TPSA) is 71.2 Å². The van der Waals surface area contributed by atoms with Crippen molar-refractivity contribution in [3.05, 3.63) is 93.0 Å². The van der Waals surface area contributed by atoms with Gasteiger partial charge in [0.2, 0.25) is 0 Å². The Morgan fingerprint density at radius 3 is 2.46 bits per heavy atom. The number of halogens is 2. The number of aromatic carboxylic acids is 1. The molecular weight excluding hydrogens is 551 g/mol. The number of nitrogens with zero attached hydrogens (tertiary/aromatic N) is 4. The first-order chi connectivity index (χ1) is 18.9. The minimum Gasteiger partial charge on any atom is -0.478 e. The highest BCUT2D eigenvalue weighted by Crippen LogP contribution is 2.25. The molecule has 5 rings (SSSR count). The molecule has 0 spiro atoms. The lowest BCUT2D eigenvalue weighted by Gasteiger charge is -2.31. The number of hydrogen-bond donors (Lipinski definition) is 2. The van der Waals surface area contributed by atoms with Gasteiger partial charge in [0.15, 0.2) is 0 Å². The number of carboxylic acid groups (broad SMARTS) is 1. The van der Waals surface area contributed by atoms with Crippen molar-refractivity contribution in [2.45, 2.75) is 38.6 Å². The number of carboxylic acids is 1. The third-order valence-corrected chi connectivity index (χ3v) is 7.91. The lowest BCUT2D eigenvalue weighted by Crippen LogP contribution is -2.34. The van der Waals surface area contributed by atoms with Crippen LogP contribution < -0.4 is 0 Å². The largest absolute Gasteiger partial charge is 0.478 e. The number of hydrogen-bond acceptors (Lipinski definition) is 5. The van der Waals surface area contributed by atoms with Crippen molar-refractivity contribution in [3.63, 3.8) is 0 Å². The number of thiol groups is 1. The lowest BCUT2D eigenvalue weighted by atomic mass is 9.92. The molecule has 1 saturated heterocycles. The zero-order valence-electron chi connectivity index (χ0n) is 22.3. The summed E-state index contributed by atoms with van der Waals surface area (Å²) in [6, 6.07) is 17.1. The van der Waals surface area contributed by atoms with E-state index in [0.717, 1.165) is 85.5 Å². The number of likely N-dealkylation sites (tertiary alicyclic amines) is 1. The minimum absolute atomic E-state index is 0.286. The molecule has 1 aliphatic rings. The second kappa shape index (κ2) is 13.7. The van der Waals surface area contributed by atoms with Gasteiger partial charge in [-0.15, -0.1) is 0 Å². The van der Waals surface area contributed by atoms with Crippen molar-refractivity contribution in [2.75, 3.05) is 19.3 Å². The lowest BCUT2D eigenvalue weighted by molar-refractivity contribution is 0.0697. The molecule has 4 aromatic rings. The molecule has 0 bridgehead atoms. The van der Waals surface area contributed by atoms with E-state index in [2.05, 4.69) is 35.7 Å². The van der Waals surface area contributed by atoms with Crippen molar-refractivity contribution in [2.24, 2.45) is 13.0 Å². The summed E-state index contributed by atoms with van der Waals surface area (Å²) in [7, 11) is 1.96. The summed E-state index contributed by atoms with van der Waals surface area (Å²) in [4.78, 5) is 23.5. The first kappa shape index (κ1) is 29.4. The first-order valence-electron chi connectivity index (χ1n) is 13.1. The fraction of sp³-hybridized carbons (Fsp3) is 0.367. The number of benzene rings is 2. The average molecular weight is 586 g/mol. The second-order valence-electron chi connectivity index (χ2n) is 9.88. The monoisotopic (exact) mass is 584 g/mol. The molecule has 9 heteroatoms. The molecule has 1 N–H and O–H groups in total. The van der Waals surface area contributed by atoms with Crippen molar-refractivity contribution in [1.82, 2.24) is 19.4 Å². The molecule has 1 aliphatic heterocycles. The maximum atomic E-state index is 11.3. The van der Waals surface area contributed by atoms with Gasteiger partial charge < -0.3 is 9.67 Å². The Bertz CT molecular complexity index is 1430. The van der Waals surface area contributed by atoms with Gasteiger partial charge in [0.25, 0.3) is 0 Å². The number of aromatic nitrogens is 3. The number of rotatable bonds is 8. The Morgan fingerprint density at radius 2 is 1.74 bits per heavy atom. The van der Waals surface area contributed by atoms with Crippen molar-refractivity contribution in [1.29, 1.82) is 0 Å². The maximum absolute atomic E-state index is 11.3. The van der Waals surface area contributed by atoms with E-state index in [1.807, 2.05) is 23.7 Å². The number of pyridine rings is 1. The van der Waals surface area contributed by atoms with Crippen LogP contribution in [0.3, 0.4) is 0 Å². The summed E-state index contributed by atoms with van der Waals surface area (Å²) < 4.78 is 2.01. The quantitative estimate of drug-likeness (QED) is 0.224. The van der Waals surface area contributed by atoms with E-state index in [-0.39, 0.29) is 5.56 Å². The summed E-state index contributed by atoms with van der Waals surface area (Å²) in [6.45, 7) is 2.80. The molecule has 0 aliphatic carbocycles. The van der Waals surface area contributed by atoms with Gasteiger partial charge in [0.1, 0.15) is 5.82 Å². The van der Waals surface area contributed by atoms with Gasteiger partial charge in [-0.3, -0.25) is 9.88 Å². The van der Waals surface area contributed by atoms with Crippen LogP contribution in [0, 0.1) is 5.92 Å². The van der Waals surface area contributed by atoms with Crippen molar-refractivity contribution < 1.29 is 9.90 Å². The fourth-order valence-electron chi connectivity index (χ4n) is 5.13. The molecule has 0 amide bonds. The summed E-state index contributed by atoms with van der Waals surface area (Å²) in [6.07, 6.45) is 6.62. The zero-order valence-corrected chi connectivity index (χ0v) is 24.7. The van der Waals surface area contributed by atoms with Crippen LogP contribution in [0.25, 0.3) is 11.0 Å². The standard InChI is InChI=1S/C29H30Cl2N4O2.CH4S/c1-34-27-16-21(29(36)37)7-10-26(27)33-28(34)18-35-13-11-19(12-14-35)15-24-4-2-3-23(32-24)9-6-20-5-8-22(30)17-25(20)31;1-2/h2-5,7-8,10,16-17,19H,6,9,11-15,18H2,1H3,(H,36,37);2H,1H3. The molecule has 1 fully saturated rings. The summed E-state index contributed by atoms with van der Waals surface area (Å²) >= 11 is 15.9. The van der Waals surface area contributed by atoms with Gasteiger partial charge in [0.05, 0.1) is 23.1 Å². The summed E-state index contributed by atoms with van der Waals surface area (Å²) in [5.41, 5.74) is 5.32. The highest BCUT2D eigenvalue weighted by atomic mass is 35.5. The van der Waals surface area contributed by atoms with Crippen LogP contribution in [0.2, 0.25) is 10.0 Å². The van der Waals surface area contributed by atoms with Crippen LogP contribution in [0.15, 0.2) is 54.6 Å². The molecule has 2 aromatic heterocycles. The smallest absolute Gasteiger partial charge is 0.335 e. The maximum Gasteiger partial charge on any atom is 0.335 e. The number of imidazole rings is 1. The molecule has 0 unspecified atom stereocenters. The van der Waals surface area contributed by atoms with Gasteiger partial charge >= 0.3 is 5.97 Å². The molecular formula is C30H34Cl2N4O2S. The Labute approximate surface area is 245 Å². The molecule has 6 nitrogen and oxygen atoms in total. The Morgan fingerprint density at radius 1 is 1.00 bits per heavy atom. The number of fused-ring (bicyclic) bond motifs is 1. The van der Waals surface area contributed by atoms with E-state index in [0.29, 0.717) is 16.0 Å². The average Bonchev–Trinajstić information content (AvgIpc) is 3.25. The Hall–Kier alpha value is -2.58. The molecule has 0 atom stereocenters. The normalized spacial score (nSPS) is 14.3. The van der Waals surface area contributed by atoms with E-state index in [1.165, 1.54) is 0 Å². The predicted molar refractivity (Wildman–Crippen MR) is 162 cm³/mol.